The van der Waals surface area contributed by atoms with Gasteiger partial charge in [0, 0.05) is 23.2 Å². The van der Waals surface area contributed by atoms with Crippen molar-refractivity contribution >= 4 is 28.8 Å². The maximum Gasteiger partial charge on any atom is 0.224 e. The minimum absolute atomic E-state index is 0.0108. The molecule has 0 radical (unpaired) electrons. The van der Waals surface area contributed by atoms with E-state index in [0.29, 0.717) is 12.8 Å². The third kappa shape index (κ3) is 3.76. The third-order valence-electron chi connectivity index (χ3n) is 3.87. The number of rotatable bonds is 4. The van der Waals surface area contributed by atoms with Crippen LogP contribution in [0.1, 0.15) is 40.4 Å². The number of carbonyl (C=O) groups is 2. The summed E-state index contributed by atoms with van der Waals surface area (Å²) in [5, 5.41) is 6.86. The molecule has 0 bridgehead atoms. The van der Waals surface area contributed by atoms with Crippen molar-refractivity contribution in [2.45, 2.75) is 39.2 Å². The Morgan fingerprint density at radius 3 is 3.00 bits per heavy atom. The summed E-state index contributed by atoms with van der Waals surface area (Å²) in [7, 11) is 0. The first-order valence-corrected chi connectivity index (χ1v) is 8.46. The molecule has 1 atom stereocenters. The lowest BCUT2D eigenvalue weighted by Crippen LogP contribution is -2.27. The molecule has 0 saturated carbocycles. The number of aryl methyl sites for hydroxylation is 2. The van der Waals surface area contributed by atoms with Crippen molar-refractivity contribution < 1.29 is 9.59 Å². The predicted octanol–water partition coefficient (Wildman–Crippen LogP) is 2.76. The third-order valence-corrected chi connectivity index (χ3v) is 4.97. The van der Waals surface area contributed by atoms with Crippen LogP contribution in [0.4, 0.5) is 5.69 Å². The number of carbonyl (C=O) groups excluding carboxylic acids is 2. The molecule has 1 aliphatic heterocycles. The van der Waals surface area contributed by atoms with Crippen LogP contribution in [0.3, 0.4) is 0 Å². The molecule has 120 valence electrons. The quantitative estimate of drug-likeness (QED) is 0.906. The van der Waals surface area contributed by atoms with Crippen molar-refractivity contribution in [1.29, 1.82) is 0 Å². The van der Waals surface area contributed by atoms with Crippen molar-refractivity contribution in [1.82, 2.24) is 10.3 Å². The van der Waals surface area contributed by atoms with Crippen LogP contribution >= 0.6 is 11.3 Å². The minimum atomic E-state index is -0.0365. The predicted molar refractivity (Wildman–Crippen MR) is 90.5 cm³/mol. The van der Waals surface area contributed by atoms with Crippen molar-refractivity contribution in [3.05, 3.63) is 45.4 Å². The van der Waals surface area contributed by atoms with Crippen LogP contribution < -0.4 is 10.6 Å². The first-order chi connectivity index (χ1) is 11.0. The number of thiazole rings is 1. The summed E-state index contributed by atoms with van der Waals surface area (Å²) in [6, 6.07) is 5.75. The molecule has 0 aliphatic carbocycles. The molecule has 2 amide bonds. The van der Waals surface area contributed by atoms with Crippen molar-refractivity contribution in [2.24, 2.45) is 0 Å². The maximum absolute atomic E-state index is 12.2. The number of aromatic nitrogens is 1. The van der Waals surface area contributed by atoms with Crippen LogP contribution in [-0.2, 0) is 22.4 Å². The molecule has 1 unspecified atom stereocenters. The van der Waals surface area contributed by atoms with Crippen LogP contribution in [-0.4, -0.2) is 16.8 Å². The Kier molecular flexibility index (Phi) is 4.43. The number of fused-ring (bicyclic) bond motifs is 1. The number of anilines is 1. The molecule has 1 aromatic carbocycles. The lowest BCUT2D eigenvalue weighted by atomic mass is 9.99. The van der Waals surface area contributed by atoms with E-state index in [-0.39, 0.29) is 17.9 Å². The highest BCUT2D eigenvalue weighted by atomic mass is 32.1. The zero-order valence-electron chi connectivity index (χ0n) is 13.2. The Morgan fingerprint density at radius 1 is 1.43 bits per heavy atom. The van der Waals surface area contributed by atoms with Crippen LogP contribution in [0.2, 0.25) is 0 Å². The van der Waals surface area contributed by atoms with Crippen LogP contribution in [0.25, 0.3) is 0 Å². The number of nitrogens with one attached hydrogen (secondary N) is 2. The van der Waals surface area contributed by atoms with E-state index in [1.165, 1.54) is 0 Å². The normalized spacial score (nSPS) is 14.8. The van der Waals surface area contributed by atoms with Gasteiger partial charge < -0.3 is 10.6 Å². The summed E-state index contributed by atoms with van der Waals surface area (Å²) in [6.45, 7) is 3.92. The zero-order valence-corrected chi connectivity index (χ0v) is 14.0. The highest BCUT2D eigenvalue weighted by Crippen LogP contribution is 2.24. The second-order valence-electron chi connectivity index (χ2n) is 5.79. The first-order valence-electron chi connectivity index (χ1n) is 7.64. The molecule has 2 N–H and O–H groups in total. The van der Waals surface area contributed by atoms with Crippen molar-refractivity contribution in [2.75, 3.05) is 5.32 Å². The van der Waals surface area contributed by atoms with Crippen molar-refractivity contribution in [3.8, 4) is 0 Å². The van der Waals surface area contributed by atoms with E-state index in [1.54, 1.807) is 11.3 Å². The standard InChI is InChI=1S/C17H19N3O2S/c1-10(15-9-18-11(2)23-15)19-17(22)8-12-3-5-14-13(7-12)4-6-16(21)20-14/h3,5,7,9-10H,4,6,8H2,1-2H3,(H,19,22)(H,20,21). The smallest absolute Gasteiger partial charge is 0.224 e. The lowest BCUT2D eigenvalue weighted by Gasteiger charge is -2.18. The molecule has 0 spiro atoms. The summed E-state index contributed by atoms with van der Waals surface area (Å²) in [4.78, 5) is 28.9. The number of nitrogens with zero attached hydrogens (tertiary/aromatic N) is 1. The summed E-state index contributed by atoms with van der Waals surface area (Å²) in [5.41, 5.74) is 2.92. The van der Waals surface area contributed by atoms with E-state index in [4.69, 9.17) is 0 Å². The zero-order chi connectivity index (χ0) is 16.4. The fourth-order valence-electron chi connectivity index (χ4n) is 2.67. The molecule has 23 heavy (non-hydrogen) atoms. The van der Waals surface area contributed by atoms with Gasteiger partial charge in [-0.2, -0.15) is 0 Å². The maximum atomic E-state index is 12.2. The van der Waals surface area contributed by atoms with Gasteiger partial charge in [0.05, 0.1) is 17.5 Å². The summed E-state index contributed by atoms with van der Waals surface area (Å²) < 4.78 is 0. The highest BCUT2D eigenvalue weighted by Gasteiger charge is 2.16. The van der Waals surface area contributed by atoms with Crippen molar-refractivity contribution in [3.63, 3.8) is 0 Å². The molecule has 1 aliphatic rings. The van der Waals surface area contributed by atoms with Gasteiger partial charge in [-0.25, -0.2) is 4.98 Å². The van der Waals surface area contributed by atoms with Gasteiger partial charge in [0.2, 0.25) is 11.8 Å². The minimum Gasteiger partial charge on any atom is -0.348 e. The monoisotopic (exact) mass is 329 g/mol. The van der Waals surface area contributed by atoms with E-state index in [2.05, 4.69) is 15.6 Å². The van der Waals surface area contributed by atoms with Gasteiger partial charge >= 0.3 is 0 Å². The van der Waals surface area contributed by atoms with Crippen LogP contribution in [0.15, 0.2) is 24.4 Å². The Labute approximate surface area is 139 Å². The largest absolute Gasteiger partial charge is 0.348 e. The molecule has 1 aromatic heterocycles. The van der Waals surface area contributed by atoms with Gasteiger partial charge in [0.15, 0.2) is 0 Å². The second-order valence-corrected chi connectivity index (χ2v) is 7.05. The summed E-state index contributed by atoms with van der Waals surface area (Å²) in [6.07, 6.45) is 3.38. The fourth-order valence-corrected chi connectivity index (χ4v) is 3.46. The number of hydrogen-bond donors (Lipinski definition) is 2. The average Bonchev–Trinajstić information content (AvgIpc) is 2.94. The van der Waals surface area contributed by atoms with Gasteiger partial charge in [0.1, 0.15) is 0 Å². The number of hydrogen-bond acceptors (Lipinski definition) is 4. The average molecular weight is 329 g/mol. The SMILES string of the molecule is Cc1ncc(C(C)NC(=O)Cc2ccc3c(c2)CCC(=O)N3)s1. The Bertz CT molecular complexity index is 754. The molecule has 0 fully saturated rings. The van der Waals surface area contributed by atoms with E-state index in [9.17, 15) is 9.59 Å². The second kappa shape index (κ2) is 6.50. The van der Waals surface area contributed by atoms with Gasteiger partial charge in [-0.05, 0) is 37.5 Å². The van der Waals surface area contributed by atoms with E-state index < -0.39 is 0 Å². The molecule has 5 nitrogen and oxygen atoms in total. The molecule has 2 heterocycles. The van der Waals surface area contributed by atoms with Crippen LogP contribution in [0.5, 0.6) is 0 Å². The molecule has 6 heteroatoms. The summed E-state index contributed by atoms with van der Waals surface area (Å²) in [5.74, 6) is 0.0417. The van der Waals surface area contributed by atoms with Gasteiger partial charge in [-0.3, -0.25) is 9.59 Å². The van der Waals surface area contributed by atoms with Gasteiger partial charge in [-0.1, -0.05) is 12.1 Å². The van der Waals surface area contributed by atoms with Gasteiger partial charge in [0.25, 0.3) is 0 Å². The molecule has 0 saturated heterocycles. The Morgan fingerprint density at radius 2 is 2.26 bits per heavy atom. The van der Waals surface area contributed by atoms with Crippen LogP contribution in [0, 0.1) is 6.92 Å². The molecule has 3 rings (SSSR count). The van der Waals surface area contributed by atoms with E-state index in [0.717, 1.165) is 33.1 Å². The number of amides is 2. The Balaban J connectivity index is 1.63. The van der Waals surface area contributed by atoms with E-state index in [1.807, 2.05) is 38.2 Å². The molecule has 2 aromatic rings. The highest BCUT2D eigenvalue weighted by molar-refractivity contribution is 7.11. The lowest BCUT2D eigenvalue weighted by molar-refractivity contribution is -0.121. The number of benzene rings is 1. The first kappa shape index (κ1) is 15.7. The fraction of sp³-hybridized carbons (Fsp3) is 0.353. The topological polar surface area (TPSA) is 71.1 Å². The molecular weight excluding hydrogens is 310 g/mol. The Hall–Kier alpha value is -2.21. The molecular formula is C17H19N3O2S. The summed E-state index contributed by atoms with van der Waals surface area (Å²) >= 11 is 1.60. The van der Waals surface area contributed by atoms with E-state index >= 15 is 0 Å². The van der Waals surface area contributed by atoms with Gasteiger partial charge in [-0.15, -0.1) is 11.3 Å².